The molecule has 0 aliphatic carbocycles. The van der Waals surface area contributed by atoms with Gasteiger partial charge in [0.05, 0.1) is 12.9 Å². The summed E-state index contributed by atoms with van der Waals surface area (Å²) in [4.78, 5) is 0. The minimum Gasteiger partial charge on any atom is -0.265 e. The van der Waals surface area contributed by atoms with Crippen LogP contribution >= 0.6 is 0 Å². The molecular formula is C14H14O3S. The Morgan fingerprint density at radius 3 is 2.00 bits per heavy atom. The van der Waals surface area contributed by atoms with E-state index >= 15 is 0 Å². The molecule has 0 fully saturated rings. The molecular weight excluding hydrogens is 248 g/mol. The molecule has 0 bridgehead atoms. The first-order valence-corrected chi connectivity index (χ1v) is 7.35. The Kier molecular flexibility index (Phi) is 3.79. The molecule has 2 aromatic rings. The highest BCUT2D eigenvalue weighted by Crippen LogP contribution is 2.19. The summed E-state index contributed by atoms with van der Waals surface area (Å²) in [6.07, 6.45) is 1.05. The molecule has 0 radical (unpaired) electrons. The molecule has 0 aromatic heterocycles. The molecule has 0 saturated carbocycles. The average molecular weight is 262 g/mol. The van der Waals surface area contributed by atoms with Crippen LogP contribution in [-0.2, 0) is 20.9 Å². The second-order valence-corrected chi connectivity index (χ2v) is 5.67. The lowest BCUT2D eigenvalue weighted by Gasteiger charge is -2.04. The Hall–Kier alpha value is -1.65. The zero-order valence-corrected chi connectivity index (χ0v) is 10.9. The molecule has 0 spiro atoms. The third-order valence-electron chi connectivity index (χ3n) is 2.50. The van der Waals surface area contributed by atoms with Crippen LogP contribution in [0.4, 0.5) is 0 Å². The fraction of sp³-hybridized carbons (Fsp3) is 0.143. The van der Waals surface area contributed by atoms with E-state index in [1.54, 1.807) is 0 Å². The monoisotopic (exact) mass is 262 g/mol. The van der Waals surface area contributed by atoms with Crippen LogP contribution in [0.3, 0.4) is 0 Å². The van der Waals surface area contributed by atoms with E-state index in [9.17, 15) is 8.42 Å². The molecule has 0 amide bonds. The van der Waals surface area contributed by atoms with Gasteiger partial charge in [-0.05, 0) is 16.7 Å². The zero-order valence-electron chi connectivity index (χ0n) is 10.0. The quantitative estimate of drug-likeness (QED) is 0.796. The van der Waals surface area contributed by atoms with Crippen molar-refractivity contribution in [1.82, 2.24) is 0 Å². The van der Waals surface area contributed by atoms with Crippen molar-refractivity contribution in [3.8, 4) is 11.1 Å². The largest absolute Gasteiger partial charge is 0.265 e. The molecule has 94 valence electrons. The molecule has 4 heteroatoms. The predicted octanol–water partition coefficient (Wildman–Crippen LogP) is 2.83. The van der Waals surface area contributed by atoms with Crippen LogP contribution in [0, 0.1) is 0 Å². The van der Waals surface area contributed by atoms with Crippen molar-refractivity contribution in [1.29, 1.82) is 0 Å². The second kappa shape index (κ2) is 5.33. The zero-order chi connectivity index (χ0) is 13.0. The van der Waals surface area contributed by atoms with Gasteiger partial charge in [-0.1, -0.05) is 54.6 Å². The number of hydrogen-bond donors (Lipinski definition) is 0. The Labute approximate surface area is 107 Å². The van der Waals surface area contributed by atoms with Gasteiger partial charge in [-0.2, -0.15) is 8.42 Å². The minimum absolute atomic E-state index is 0.0773. The summed E-state index contributed by atoms with van der Waals surface area (Å²) in [7, 11) is -3.38. The Balaban J connectivity index is 2.11. The van der Waals surface area contributed by atoms with E-state index in [2.05, 4.69) is 0 Å². The summed E-state index contributed by atoms with van der Waals surface area (Å²) in [6.45, 7) is 0.0773. The maximum Gasteiger partial charge on any atom is 0.264 e. The van der Waals surface area contributed by atoms with Gasteiger partial charge in [0.15, 0.2) is 0 Å². The summed E-state index contributed by atoms with van der Waals surface area (Å²) < 4.78 is 26.5. The standard InChI is InChI=1S/C14H14O3S/c1-18(15,16)17-11-12-7-9-14(10-8-12)13-5-3-2-4-6-13/h2-10H,11H2,1H3. The topological polar surface area (TPSA) is 43.4 Å². The normalized spacial score (nSPS) is 11.4. The SMILES string of the molecule is CS(=O)(=O)OCc1ccc(-c2ccccc2)cc1. The van der Waals surface area contributed by atoms with Crippen molar-refractivity contribution in [2.45, 2.75) is 6.61 Å². The molecule has 3 nitrogen and oxygen atoms in total. The van der Waals surface area contributed by atoms with E-state index in [4.69, 9.17) is 4.18 Å². The first kappa shape index (κ1) is 12.8. The minimum atomic E-state index is -3.38. The maximum absolute atomic E-state index is 10.9. The van der Waals surface area contributed by atoms with Crippen LogP contribution in [0.25, 0.3) is 11.1 Å². The predicted molar refractivity (Wildman–Crippen MR) is 71.5 cm³/mol. The summed E-state index contributed by atoms with van der Waals surface area (Å²) in [5.74, 6) is 0. The number of hydrogen-bond acceptors (Lipinski definition) is 3. The lowest BCUT2D eigenvalue weighted by molar-refractivity contribution is 0.312. The highest BCUT2D eigenvalue weighted by molar-refractivity contribution is 7.85. The summed E-state index contributed by atoms with van der Waals surface area (Å²) >= 11 is 0. The van der Waals surface area contributed by atoms with E-state index in [-0.39, 0.29) is 6.61 Å². The van der Waals surface area contributed by atoms with Crippen molar-refractivity contribution < 1.29 is 12.6 Å². The first-order valence-electron chi connectivity index (χ1n) is 5.53. The third-order valence-corrected chi connectivity index (χ3v) is 3.05. The van der Waals surface area contributed by atoms with Crippen LogP contribution < -0.4 is 0 Å². The smallest absolute Gasteiger partial charge is 0.264 e. The van der Waals surface area contributed by atoms with Gasteiger partial charge in [-0.3, -0.25) is 4.18 Å². The van der Waals surface area contributed by atoms with E-state index < -0.39 is 10.1 Å². The summed E-state index contributed by atoms with van der Waals surface area (Å²) in [5.41, 5.74) is 3.06. The molecule has 0 N–H and O–H groups in total. The molecule has 2 rings (SSSR count). The van der Waals surface area contributed by atoms with E-state index in [1.165, 1.54) is 0 Å². The molecule has 0 unspecified atom stereocenters. The highest BCUT2D eigenvalue weighted by Gasteiger charge is 2.03. The van der Waals surface area contributed by atoms with Gasteiger partial charge in [-0.15, -0.1) is 0 Å². The molecule has 0 saturated heterocycles. The van der Waals surface area contributed by atoms with Gasteiger partial charge < -0.3 is 0 Å². The number of benzene rings is 2. The molecule has 0 atom stereocenters. The lowest BCUT2D eigenvalue weighted by Crippen LogP contribution is -2.02. The highest BCUT2D eigenvalue weighted by atomic mass is 32.2. The van der Waals surface area contributed by atoms with E-state index in [0.717, 1.165) is 22.9 Å². The molecule has 2 aromatic carbocycles. The van der Waals surface area contributed by atoms with Crippen molar-refractivity contribution >= 4 is 10.1 Å². The molecule has 0 heterocycles. The lowest BCUT2D eigenvalue weighted by atomic mass is 10.0. The van der Waals surface area contributed by atoms with Gasteiger partial charge >= 0.3 is 0 Å². The van der Waals surface area contributed by atoms with Crippen molar-refractivity contribution in [2.24, 2.45) is 0 Å². The Morgan fingerprint density at radius 1 is 0.889 bits per heavy atom. The van der Waals surface area contributed by atoms with Crippen LogP contribution in [-0.4, -0.2) is 14.7 Å². The maximum atomic E-state index is 10.9. The van der Waals surface area contributed by atoms with Crippen molar-refractivity contribution in [2.75, 3.05) is 6.26 Å². The molecule has 18 heavy (non-hydrogen) atoms. The van der Waals surface area contributed by atoms with E-state index in [0.29, 0.717) is 0 Å². The van der Waals surface area contributed by atoms with Crippen molar-refractivity contribution in [3.05, 3.63) is 60.2 Å². The van der Waals surface area contributed by atoms with Crippen LogP contribution in [0.15, 0.2) is 54.6 Å². The van der Waals surface area contributed by atoms with Crippen LogP contribution in [0.2, 0.25) is 0 Å². The fourth-order valence-electron chi connectivity index (χ4n) is 1.60. The van der Waals surface area contributed by atoms with Gasteiger partial charge in [0.2, 0.25) is 0 Å². The third kappa shape index (κ3) is 3.68. The molecule has 0 aliphatic rings. The summed E-state index contributed by atoms with van der Waals surface area (Å²) in [5, 5.41) is 0. The van der Waals surface area contributed by atoms with Crippen molar-refractivity contribution in [3.63, 3.8) is 0 Å². The van der Waals surface area contributed by atoms with Crippen LogP contribution in [0.1, 0.15) is 5.56 Å². The van der Waals surface area contributed by atoms with Crippen LogP contribution in [0.5, 0.6) is 0 Å². The summed E-state index contributed by atoms with van der Waals surface area (Å²) in [6, 6.07) is 17.6. The number of rotatable bonds is 4. The van der Waals surface area contributed by atoms with Gasteiger partial charge in [-0.25, -0.2) is 0 Å². The molecule has 0 aliphatic heterocycles. The van der Waals surface area contributed by atoms with Gasteiger partial charge in [0.1, 0.15) is 0 Å². The first-order chi connectivity index (χ1) is 8.54. The van der Waals surface area contributed by atoms with Gasteiger partial charge in [0, 0.05) is 0 Å². The average Bonchev–Trinajstić information content (AvgIpc) is 2.37. The fourth-order valence-corrected chi connectivity index (χ4v) is 1.95. The Morgan fingerprint density at radius 2 is 1.44 bits per heavy atom. The second-order valence-electron chi connectivity index (χ2n) is 4.03. The van der Waals surface area contributed by atoms with Gasteiger partial charge in [0.25, 0.3) is 10.1 Å². The van der Waals surface area contributed by atoms with E-state index in [1.807, 2.05) is 54.6 Å². The Bertz CT molecular complexity index is 601.